The van der Waals surface area contributed by atoms with Gasteiger partial charge in [0.15, 0.2) is 0 Å². The Bertz CT molecular complexity index is 598. The minimum atomic E-state index is -0.765. The molecule has 2 rings (SSSR count). The maximum Gasteiger partial charge on any atom is 0.304 e. The summed E-state index contributed by atoms with van der Waals surface area (Å²) >= 11 is 10.9. The highest BCUT2D eigenvalue weighted by Crippen LogP contribution is 2.35. The molecule has 196 valence electrons. The predicted molar refractivity (Wildman–Crippen MR) is 164 cm³/mol. The van der Waals surface area contributed by atoms with Gasteiger partial charge in [-0.25, -0.2) is 0 Å². The molecule has 0 aliphatic heterocycles. The van der Waals surface area contributed by atoms with Crippen LogP contribution in [0.1, 0.15) is 96.3 Å². The Labute approximate surface area is 233 Å². The Hall–Kier alpha value is 0.650. The number of rotatable bonds is 15. The van der Waals surface area contributed by atoms with Gasteiger partial charge in [-0.15, -0.1) is 0 Å². The minimum absolute atomic E-state index is 0.00362. The van der Waals surface area contributed by atoms with E-state index in [0.717, 1.165) is 45.7 Å². The highest BCUT2D eigenvalue weighted by Gasteiger charge is 2.17. The van der Waals surface area contributed by atoms with Crippen LogP contribution in [0.5, 0.6) is 0 Å². The van der Waals surface area contributed by atoms with E-state index in [1.165, 1.54) is 94.3 Å². The molecule has 0 bridgehead atoms. The first-order chi connectivity index (χ1) is 16.5. The van der Waals surface area contributed by atoms with E-state index >= 15 is 0 Å². The zero-order valence-corrected chi connectivity index (χ0v) is 25.2. The van der Waals surface area contributed by atoms with Crippen LogP contribution in [-0.4, -0.2) is 43.8 Å². The monoisotopic (exact) mass is 582 g/mol. The fourth-order valence-corrected chi connectivity index (χ4v) is 10.4. The third-order valence-electron chi connectivity index (χ3n) is 6.62. The lowest BCUT2D eigenvalue weighted by Gasteiger charge is -2.21. The second-order valence-corrected chi connectivity index (χ2v) is 15.7. The van der Waals surface area contributed by atoms with Gasteiger partial charge in [0, 0.05) is 24.1 Å². The third-order valence-corrected chi connectivity index (χ3v) is 13.1. The average Bonchev–Trinajstić information content (AvgIpc) is 2.84. The van der Waals surface area contributed by atoms with E-state index in [0.29, 0.717) is 0 Å². The van der Waals surface area contributed by atoms with Gasteiger partial charge < -0.3 is 15.7 Å². The molecule has 4 nitrogen and oxygen atoms in total. The van der Waals surface area contributed by atoms with Gasteiger partial charge in [0.05, 0.1) is 6.42 Å². The van der Waals surface area contributed by atoms with Gasteiger partial charge in [0.25, 0.3) is 0 Å². The van der Waals surface area contributed by atoms with E-state index in [2.05, 4.69) is 10.6 Å². The molecule has 0 aromatic carbocycles. The van der Waals surface area contributed by atoms with E-state index in [-0.39, 0.29) is 11.7 Å². The number of hydrogen-bond acceptors (Lipinski definition) is 7. The Kier molecular flexibility index (Phi) is 17.9. The van der Waals surface area contributed by atoms with E-state index in [1.807, 2.05) is 0 Å². The summed E-state index contributed by atoms with van der Waals surface area (Å²) in [5, 5.41) is 16.0. The number of carboxylic acids is 1. The molecule has 2 fully saturated rings. The number of carboxylic acid groups (broad SMARTS) is 1. The van der Waals surface area contributed by atoms with Crippen LogP contribution in [0.3, 0.4) is 0 Å². The SMILES string of the molecule is O=C(O)CC(CSSC(=S)NCCCC1CCCCC1)SSC(=S)NCCCC1CCCCC1. The Morgan fingerprint density at radius 2 is 1.32 bits per heavy atom. The van der Waals surface area contributed by atoms with Crippen molar-refractivity contribution in [3.63, 3.8) is 0 Å². The first-order valence-electron chi connectivity index (χ1n) is 12.9. The highest BCUT2D eigenvalue weighted by molar-refractivity contribution is 8.85. The van der Waals surface area contributed by atoms with Gasteiger partial charge in [0.1, 0.15) is 8.64 Å². The summed E-state index contributed by atoms with van der Waals surface area (Å²) < 4.78 is 1.56. The van der Waals surface area contributed by atoms with Crippen molar-refractivity contribution in [1.29, 1.82) is 0 Å². The summed E-state index contributed by atoms with van der Waals surface area (Å²) in [7, 11) is 6.27. The molecular weight excluding hydrogens is 541 g/mol. The summed E-state index contributed by atoms with van der Waals surface area (Å²) in [4.78, 5) is 11.3. The summed E-state index contributed by atoms with van der Waals surface area (Å²) in [6.07, 6.45) is 19.0. The molecule has 0 spiro atoms. The van der Waals surface area contributed by atoms with Crippen molar-refractivity contribution in [2.75, 3.05) is 18.8 Å². The number of carbonyl (C=O) groups is 1. The zero-order chi connectivity index (χ0) is 24.4. The van der Waals surface area contributed by atoms with Crippen molar-refractivity contribution in [3.05, 3.63) is 0 Å². The van der Waals surface area contributed by atoms with Crippen LogP contribution in [0.25, 0.3) is 0 Å². The van der Waals surface area contributed by atoms with Gasteiger partial charge in [-0.3, -0.25) is 4.79 Å². The molecule has 1 unspecified atom stereocenters. The van der Waals surface area contributed by atoms with Gasteiger partial charge >= 0.3 is 5.97 Å². The fourth-order valence-electron chi connectivity index (χ4n) is 4.76. The molecule has 0 heterocycles. The van der Waals surface area contributed by atoms with Crippen molar-refractivity contribution in [1.82, 2.24) is 10.6 Å². The van der Waals surface area contributed by atoms with Crippen LogP contribution in [0, 0.1) is 11.8 Å². The summed E-state index contributed by atoms with van der Waals surface area (Å²) in [6.45, 7) is 1.85. The Morgan fingerprint density at radius 3 is 1.82 bits per heavy atom. The van der Waals surface area contributed by atoms with Crippen LogP contribution in [0.2, 0.25) is 0 Å². The van der Waals surface area contributed by atoms with E-state index in [4.69, 9.17) is 24.4 Å². The molecule has 2 saturated carbocycles. The maximum atomic E-state index is 11.3. The molecule has 2 aliphatic carbocycles. The molecule has 3 N–H and O–H groups in total. The Balaban J connectivity index is 1.51. The third kappa shape index (κ3) is 15.7. The average molecular weight is 583 g/mol. The topological polar surface area (TPSA) is 61.4 Å². The standard InChI is InChI=1S/C24H42N2O2S6/c27-22(28)17-21(32-34-24(30)26-16-8-14-20-11-5-2-6-12-20)18-31-33-23(29)25-15-7-13-19-9-3-1-4-10-19/h19-21H,1-18H2,(H,25,29)(H,26,30)(H,27,28). The second kappa shape index (κ2) is 19.7. The predicted octanol–water partition coefficient (Wildman–Crippen LogP) is 8.06. The van der Waals surface area contributed by atoms with Crippen molar-refractivity contribution in [2.45, 2.75) is 102 Å². The Morgan fingerprint density at radius 1 is 0.824 bits per heavy atom. The van der Waals surface area contributed by atoms with Crippen molar-refractivity contribution in [2.24, 2.45) is 11.8 Å². The van der Waals surface area contributed by atoms with Crippen molar-refractivity contribution >= 4 is 82.2 Å². The summed E-state index contributed by atoms with van der Waals surface area (Å²) in [5.74, 6) is 1.77. The number of nitrogens with one attached hydrogen (secondary N) is 2. The second-order valence-electron chi connectivity index (χ2n) is 9.49. The molecule has 0 aromatic rings. The summed E-state index contributed by atoms with van der Waals surface area (Å²) in [5.41, 5.74) is 0. The van der Waals surface area contributed by atoms with E-state index < -0.39 is 5.97 Å². The normalized spacial score (nSPS) is 18.4. The number of hydrogen-bond donors (Lipinski definition) is 3. The van der Waals surface area contributed by atoms with E-state index in [1.54, 1.807) is 32.4 Å². The first-order valence-corrected chi connectivity index (χ1v) is 18.3. The quantitative estimate of drug-likeness (QED) is 0.100. The number of aliphatic carboxylic acids is 1. The number of thiocarbonyl (C=S) groups is 2. The van der Waals surface area contributed by atoms with Gasteiger partial charge in [-0.05, 0) is 59.1 Å². The molecule has 2 aliphatic rings. The highest BCUT2D eigenvalue weighted by atomic mass is 33.1. The largest absolute Gasteiger partial charge is 0.481 e. The van der Waals surface area contributed by atoms with Crippen LogP contribution < -0.4 is 10.6 Å². The molecule has 0 radical (unpaired) electrons. The van der Waals surface area contributed by atoms with Crippen LogP contribution in [-0.2, 0) is 4.79 Å². The first kappa shape index (κ1) is 30.9. The van der Waals surface area contributed by atoms with Crippen LogP contribution >= 0.6 is 67.6 Å². The molecule has 10 heteroatoms. The smallest absolute Gasteiger partial charge is 0.304 e. The fraction of sp³-hybridized carbons (Fsp3) is 0.875. The van der Waals surface area contributed by atoms with Crippen LogP contribution in [0.4, 0.5) is 0 Å². The van der Waals surface area contributed by atoms with Gasteiger partial charge in [-0.2, -0.15) is 0 Å². The molecule has 0 amide bonds. The van der Waals surface area contributed by atoms with Crippen molar-refractivity contribution < 1.29 is 9.90 Å². The maximum absolute atomic E-state index is 11.3. The minimum Gasteiger partial charge on any atom is -0.481 e. The van der Waals surface area contributed by atoms with Gasteiger partial charge in [0.2, 0.25) is 0 Å². The van der Waals surface area contributed by atoms with E-state index in [9.17, 15) is 9.90 Å². The molecule has 34 heavy (non-hydrogen) atoms. The zero-order valence-electron chi connectivity index (χ0n) is 20.3. The molecule has 0 aromatic heterocycles. The lowest BCUT2D eigenvalue weighted by Crippen LogP contribution is -2.21. The molecule has 1 atom stereocenters. The summed E-state index contributed by atoms with van der Waals surface area (Å²) in [6, 6.07) is 0. The van der Waals surface area contributed by atoms with Gasteiger partial charge in [-0.1, -0.05) is 110 Å². The lowest BCUT2D eigenvalue weighted by atomic mass is 9.86. The molecular formula is C24H42N2O2S6. The van der Waals surface area contributed by atoms with Crippen molar-refractivity contribution in [3.8, 4) is 0 Å². The van der Waals surface area contributed by atoms with Crippen LogP contribution in [0.15, 0.2) is 0 Å². The molecule has 0 saturated heterocycles. The lowest BCUT2D eigenvalue weighted by molar-refractivity contribution is -0.136.